The number of thioether (sulfide) groups is 1. The van der Waals surface area contributed by atoms with Crippen molar-refractivity contribution in [1.29, 1.82) is 0 Å². The molecule has 3 heterocycles. The molecule has 60 heavy (non-hydrogen) atoms. The van der Waals surface area contributed by atoms with E-state index in [1.165, 1.54) is 13.2 Å². The van der Waals surface area contributed by atoms with Gasteiger partial charge < -0.3 is 51.7 Å². The van der Waals surface area contributed by atoms with Crippen molar-refractivity contribution in [2.75, 3.05) is 32.3 Å². The van der Waals surface area contributed by atoms with Gasteiger partial charge in [0.25, 0.3) is 0 Å². The molecule has 0 fully saturated rings. The Bertz CT molecular complexity index is 2330. The number of amides is 3. The van der Waals surface area contributed by atoms with Crippen molar-refractivity contribution in [3.8, 4) is 11.8 Å². The minimum Gasteiger partial charge on any atom is -0.494 e. The molecule has 19 heteroatoms. The van der Waals surface area contributed by atoms with Gasteiger partial charge in [0.15, 0.2) is 11.7 Å². The van der Waals surface area contributed by atoms with Crippen LogP contribution in [0.2, 0.25) is 0 Å². The van der Waals surface area contributed by atoms with E-state index in [0.29, 0.717) is 17.9 Å². The maximum Gasteiger partial charge on any atom is 0.325 e. The largest absolute Gasteiger partial charge is 0.494 e. The number of aromatic hydroxyl groups is 2. The van der Waals surface area contributed by atoms with E-state index in [4.69, 9.17) is 16.5 Å². The Morgan fingerprint density at radius 1 is 0.917 bits per heavy atom. The Morgan fingerprint density at radius 2 is 1.65 bits per heavy atom. The number of carbonyl (C=O) groups is 5. The quantitative estimate of drug-likeness (QED) is 0.0414. The maximum absolute atomic E-state index is 12.9. The number of rotatable bonds is 21. The van der Waals surface area contributed by atoms with Crippen LogP contribution in [0.4, 0.5) is 5.82 Å². The summed E-state index contributed by atoms with van der Waals surface area (Å²) in [5.41, 5.74) is 16.5. The molecule has 2 aromatic carbocycles. The van der Waals surface area contributed by atoms with Crippen molar-refractivity contribution in [3.63, 3.8) is 0 Å². The molecule has 0 saturated heterocycles. The summed E-state index contributed by atoms with van der Waals surface area (Å²) >= 11 is 0.947. The minimum atomic E-state index is -1.20. The number of imidazole rings is 1. The monoisotopic (exact) mass is 845 g/mol. The molecule has 0 radical (unpaired) electrons. The first-order valence-electron chi connectivity index (χ1n) is 19.4. The highest BCUT2D eigenvalue weighted by atomic mass is 32.2. The van der Waals surface area contributed by atoms with E-state index in [9.17, 15) is 34.2 Å². The number of nitrogen functional groups attached to an aromatic ring is 1. The van der Waals surface area contributed by atoms with Crippen LogP contribution >= 0.6 is 11.8 Å². The zero-order chi connectivity index (χ0) is 43.3. The second-order valence-electron chi connectivity index (χ2n) is 14.0. The molecule has 9 N–H and O–H groups in total. The third-order valence-corrected chi connectivity index (χ3v) is 10.9. The number of fused-ring (bicyclic) bond motifs is 3. The topological polar surface area (TPSA) is 268 Å². The van der Waals surface area contributed by atoms with Gasteiger partial charge in [-0.15, -0.1) is 11.8 Å². The van der Waals surface area contributed by atoms with E-state index in [1.807, 2.05) is 48.5 Å². The third-order valence-electron chi connectivity index (χ3n) is 9.75. The smallest absolute Gasteiger partial charge is 0.325 e. The summed E-state index contributed by atoms with van der Waals surface area (Å²) in [6, 6.07) is 14.8. The van der Waals surface area contributed by atoms with Gasteiger partial charge in [0.05, 0.1) is 30.1 Å². The van der Waals surface area contributed by atoms with E-state index in [2.05, 4.69) is 41.9 Å². The fraction of sp³-hybridized carbons (Fsp3) is 0.390. The van der Waals surface area contributed by atoms with Gasteiger partial charge in [-0.2, -0.15) is 0 Å². The zero-order valence-electron chi connectivity index (χ0n) is 33.7. The Kier molecular flexibility index (Phi) is 15.7. The number of ether oxygens (including phenoxy) is 2. The van der Waals surface area contributed by atoms with Gasteiger partial charge in [-0.05, 0) is 30.0 Å². The SMILES string of the molecule is CCCCc1nc2c(N)nc3ccccc3c2n1Cc1ccc(CNC(=O)CCn2c(O)cc(SC[C@@H](NC(=O)CC[C@@H](N)C(=O)OC)C(=O)NCC(=O)OC)c2O)cc1. The molecule has 3 amide bonds. The number of para-hydroxylation sites is 1. The van der Waals surface area contributed by atoms with Crippen molar-refractivity contribution in [3.05, 3.63) is 71.5 Å². The third kappa shape index (κ3) is 11.4. The second kappa shape index (κ2) is 21.1. The molecular formula is C41H51N9O9S. The molecule has 3 aromatic heterocycles. The Morgan fingerprint density at radius 3 is 2.37 bits per heavy atom. The molecule has 5 rings (SSSR count). The van der Waals surface area contributed by atoms with Crippen molar-refractivity contribution < 1.29 is 43.7 Å². The summed E-state index contributed by atoms with van der Waals surface area (Å²) in [4.78, 5) is 71.3. The van der Waals surface area contributed by atoms with Crippen molar-refractivity contribution in [2.24, 2.45) is 5.73 Å². The molecule has 0 aliphatic heterocycles. The fourth-order valence-corrected chi connectivity index (χ4v) is 7.42. The first-order chi connectivity index (χ1) is 28.8. The molecule has 320 valence electrons. The number of aromatic nitrogens is 4. The lowest BCUT2D eigenvalue weighted by Gasteiger charge is -2.18. The van der Waals surface area contributed by atoms with Gasteiger partial charge in [0.2, 0.25) is 23.6 Å². The molecule has 0 aliphatic carbocycles. The number of esters is 2. The lowest BCUT2D eigenvalue weighted by Crippen LogP contribution is -2.49. The summed E-state index contributed by atoms with van der Waals surface area (Å²) < 4.78 is 12.5. The summed E-state index contributed by atoms with van der Waals surface area (Å²) in [5.74, 6) is -2.48. The number of anilines is 1. The predicted molar refractivity (Wildman–Crippen MR) is 225 cm³/mol. The highest BCUT2D eigenvalue weighted by molar-refractivity contribution is 7.99. The van der Waals surface area contributed by atoms with Crippen LogP contribution in [-0.4, -0.2) is 97.6 Å². The lowest BCUT2D eigenvalue weighted by molar-refractivity contribution is -0.142. The molecule has 0 unspecified atom stereocenters. The van der Waals surface area contributed by atoms with Crippen molar-refractivity contribution in [1.82, 2.24) is 35.1 Å². The number of pyridine rings is 1. The van der Waals surface area contributed by atoms with Crippen LogP contribution in [0, 0.1) is 0 Å². The normalized spacial score (nSPS) is 12.2. The first-order valence-corrected chi connectivity index (χ1v) is 20.4. The fourth-order valence-electron chi connectivity index (χ4n) is 6.41. The summed E-state index contributed by atoms with van der Waals surface area (Å²) in [7, 11) is 2.33. The average Bonchev–Trinajstić information content (AvgIpc) is 3.75. The van der Waals surface area contributed by atoms with Gasteiger partial charge >= 0.3 is 11.9 Å². The maximum atomic E-state index is 12.9. The zero-order valence-corrected chi connectivity index (χ0v) is 34.5. The highest BCUT2D eigenvalue weighted by Crippen LogP contribution is 2.36. The van der Waals surface area contributed by atoms with Gasteiger partial charge in [0, 0.05) is 56.1 Å². The first kappa shape index (κ1) is 44.8. The van der Waals surface area contributed by atoms with Crippen LogP contribution in [-0.2, 0) is 59.5 Å². The van der Waals surface area contributed by atoms with E-state index in [-0.39, 0.29) is 60.7 Å². The summed E-state index contributed by atoms with van der Waals surface area (Å²) in [6.45, 7) is 2.46. The van der Waals surface area contributed by atoms with E-state index >= 15 is 0 Å². The number of aryl methyl sites for hydroxylation is 1. The number of methoxy groups -OCH3 is 2. The van der Waals surface area contributed by atoms with Gasteiger partial charge in [-0.25, -0.2) is 9.97 Å². The molecular weight excluding hydrogens is 795 g/mol. The number of carbonyl (C=O) groups excluding carboxylic acids is 5. The molecule has 5 aromatic rings. The molecule has 0 bridgehead atoms. The summed E-state index contributed by atoms with van der Waals surface area (Å²) in [6.07, 6.45) is 2.50. The number of benzene rings is 2. The van der Waals surface area contributed by atoms with Gasteiger partial charge in [-0.1, -0.05) is 55.8 Å². The van der Waals surface area contributed by atoms with Crippen LogP contribution in [0.1, 0.15) is 56.0 Å². The molecule has 0 saturated carbocycles. The van der Waals surface area contributed by atoms with Crippen molar-refractivity contribution >= 4 is 69.2 Å². The standard InChI is InChI=1S/C41H51N9O9S/c1-4-5-10-31-48-36-37(26-8-6-7-9-28(26)47-38(36)43)50(31)22-25-13-11-24(12-14-25)20-44-32(51)17-18-49-34(53)19-30(40(49)56)60-23-29(39(55)45-21-35(54)58-2)46-33(52)16-15-27(42)41(57)59-3/h6-9,11-14,19,27,29,53,56H,4-5,10,15-18,20-23,42H2,1-3H3,(H2,43,47)(H,44,51)(H,45,55)(H,46,52)/t27-,29-/m1/s1. The average molecular weight is 846 g/mol. The number of hydrogen-bond donors (Lipinski definition) is 7. The van der Waals surface area contributed by atoms with Gasteiger partial charge in [-0.3, -0.25) is 28.5 Å². The minimum absolute atomic E-state index is 0.0445. The number of nitrogens with zero attached hydrogens (tertiary/aromatic N) is 4. The molecule has 0 aliphatic rings. The summed E-state index contributed by atoms with van der Waals surface area (Å²) in [5, 5.41) is 30.3. The predicted octanol–water partition coefficient (Wildman–Crippen LogP) is 2.62. The number of nitrogens with two attached hydrogens (primary N) is 2. The van der Waals surface area contributed by atoms with Crippen molar-refractivity contribution in [2.45, 2.75) is 82.1 Å². The second-order valence-corrected chi connectivity index (χ2v) is 15.1. The van der Waals surface area contributed by atoms with Crippen LogP contribution in [0.3, 0.4) is 0 Å². The lowest BCUT2D eigenvalue weighted by atomic mass is 10.1. The van der Waals surface area contributed by atoms with E-state index in [0.717, 1.165) is 76.1 Å². The van der Waals surface area contributed by atoms with Crippen LogP contribution < -0.4 is 27.4 Å². The highest BCUT2D eigenvalue weighted by Gasteiger charge is 2.25. The van der Waals surface area contributed by atoms with E-state index < -0.39 is 42.4 Å². The van der Waals surface area contributed by atoms with Crippen LogP contribution in [0.5, 0.6) is 11.8 Å². The number of hydrogen-bond acceptors (Lipinski definition) is 14. The molecule has 18 nitrogen and oxygen atoms in total. The van der Waals surface area contributed by atoms with Gasteiger partial charge in [0.1, 0.15) is 30.0 Å². The van der Waals surface area contributed by atoms with Crippen LogP contribution in [0.15, 0.2) is 59.5 Å². The number of unbranched alkanes of at least 4 members (excludes halogenated alkanes) is 1. The Hall–Kier alpha value is -6.34. The van der Waals surface area contributed by atoms with E-state index in [1.54, 1.807) is 0 Å². The van der Waals surface area contributed by atoms with Crippen LogP contribution in [0.25, 0.3) is 21.9 Å². The molecule has 2 atom stereocenters. The molecule has 0 spiro atoms. The Labute approximate surface area is 350 Å². The number of nitrogens with one attached hydrogen (secondary N) is 3. The Balaban J connectivity index is 1.16.